The molecule has 2 rings (SSSR count). The van der Waals surface area contributed by atoms with E-state index in [2.05, 4.69) is 19.2 Å². The summed E-state index contributed by atoms with van der Waals surface area (Å²) in [5, 5.41) is 3.11. The number of rotatable bonds is 5. The number of aryl methyl sites for hydroxylation is 1. The van der Waals surface area contributed by atoms with E-state index >= 15 is 0 Å². The van der Waals surface area contributed by atoms with Crippen LogP contribution in [0.4, 0.5) is 5.69 Å². The van der Waals surface area contributed by atoms with Crippen molar-refractivity contribution < 1.29 is 4.79 Å². The molecule has 0 unspecified atom stereocenters. The van der Waals surface area contributed by atoms with Crippen LogP contribution in [0.5, 0.6) is 0 Å². The van der Waals surface area contributed by atoms with E-state index < -0.39 is 0 Å². The van der Waals surface area contributed by atoms with Crippen LogP contribution in [0.2, 0.25) is 0 Å². The second-order valence-corrected chi connectivity index (χ2v) is 5.85. The Kier molecular flexibility index (Phi) is 4.85. The van der Waals surface area contributed by atoms with E-state index in [1.165, 1.54) is 0 Å². The lowest BCUT2D eigenvalue weighted by Crippen LogP contribution is -2.30. The smallest absolute Gasteiger partial charge is 0.256 e. The largest absolute Gasteiger partial charge is 0.398 e. The Morgan fingerprint density at radius 2 is 2.09 bits per heavy atom. The van der Waals surface area contributed by atoms with Gasteiger partial charge in [-0.2, -0.15) is 0 Å². The summed E-state index contributed by atoms with van der Waals surface area (Å²) >= 11 is 0. The van der Waals surface area contributed by atoms with Crippen LogP contribution in [0.1, 0.15) is 37.6 Å². The van der Waals surface area contributed by atoms with E-state index in [1.807, 2.05) is 23.6 Å². The molecule has 2 aromatic rings. The summed E-state index contributed by atoms with van der Waals surface area (Å²) in [6.07, 6.45) is 2.61. The number of carbonyl (C=O) groups is 1. The molecule has 1 aromatic heterocycles. The highest BCUT2D eigenvalue weighted by Gasteiger charge is 2.16. The number of anilines is 1. The van der Waals surface area contributed by atoms with Gasteiger partial charge in [-0.05, 0) is 31.4 Å². The van der Waals surface area contributed by atoms with E-state index in [9.17, 15) is 9.59 Å². The number of hydrogen-bond acceptors (Lipinski definition) is 3. The van der Waals surface area contributed by atoms with Crippen molar-refractivity contribution in [2.24, 2.45) is 5.92 Å². The van der Waals surface area contributed by atoms with Gasteiger partial charge < -0.3 is 15.6 Å². The van der Waals surface area contributed by atoms with E-state index in [4.69, 9.17) is 5.73 Å². The van der Waals surface area contributed by atoms with Crippen molar-refractivity contribution in [3.63, 3.8) is 0 Å². The molecule has 0 aliphatic carbocycles. The quantitative estimate of drug-likeness (QED) is 0.832. The Bertz CT molecular complexity index is 747. The van der Waals surface area contributed by atoms with Crippen molar-refractivity contribution >= 4 is 22.5 Å². The molecule has 118 valence electrons. The predicted octanol–water partition coefficient (Wildman–Crippen LogP) is 2.38. The first-order valence-corrected chi connectivity index (χ1v) is 7.65. The molecule has 5 nitrogen and oxygen atoms in total. The fraction of sp³-hybridized carbons (Fsp3) is 0.412. The second-order valence-electron chi connectivity index (χ2n) is 5.85. The monoisotopic (exact) mass is 301 g/mol. The molecule has 0 saturated heterocycles. The Balaban J connectivity index is 2.67. The molecule has 1 heterocycles. The van der Waals surface area contributed by atoms with Crippen molar-refractivity contribution in [2.45, 2.75) is 33.7 Å². The Morgan fingerprint density at radius 1 is 1.36 bits per heavy atom. The van der Waals surface area contributed by atoms with E-state index in [-0.39, 0.29) is 16.9 Å². The molecule has 0 fully saturated rings. The Morgan fingerprint density at radius 3 is 2.73 bits per heavy atom. The lowest BCUT2D eigenvalue weighted by atomic mass is 10.1. The number of nitrogen functional groups attached to an aromatic ring is 1. The maximum absolute atomic E-state index is 12.6. The minimum absolute atomic E-state index is 0.149. The van der Waals surface area contributed by atoms with Gasteiger partial charge in [-0.1, -0.05) is 19.9 Å². The fourth-order valence-corrected chi connectivity index (χ4v) is 2.46. The molecule has 0 atom stereocenters. The zero-order chi connectivity index (χ0) is 16.3. The average Bonchev–Trinajstić information content (AvgIpc) is 2.46. The van der Waals surface area contributed by atoms with Gasteiger partial charge in [0.1, 0.15) is 5.56 Å². The number of nitrogens with one attached hydrogen (secondary N) is 1. The number of nitrogens with zero attached hydrogens (tertiary/aromatic N) is 1. The molecule has 22 heavy (non-hydrogen) atoms. The number of fused-ring (bicyclic) bond motifs is 1. The van der Waals surface area contributed by atoms with E-state index in [1.54, 1.807) is 12.3 Å². The van der Waals surface area contributed by atoms with Crippen LogP contribution in [-0.2, 0) is 6.54 Å². The lowest BCUT2D eigenvalue weighted by Gasteiger charge is -2.15. The summed E-state index contributed by atoms with van der Waals surface area (Å²) in [4.78, 5) is 24.7. The van der Waals surface area contributed by atoms with E-state index in [0.717, 1.165) is 18.5 Å². The SMILES string of the molecule is CCNC(=O)c1cn(CCC(C)C)c2cccc(N)c2c1=O. The Labute approximate surface area is 130 Å². The molecule has 0 aliphatic heterocycles. The lowest BCUT2D eigenvalue weighted by molar-refractivity contribution is 0.0954. The summed E-state index contributed by atoms with van der Waals surface area (Å²) in [5.74, 6) is 0.180. The first-order valence-electron chi connectivity index (χ1n) is 7.65. The summed E-state index contributed by atoms with van der Waals surface area (Å²) in [6.45, 7) is 7.33. The highest BCUT2D eigenvalue weighted by atomic mass is 16.2. The number of carbonyl (C=O) groups excluding carboxylic acids is 1. The zero-order valence-corrected chi connectivity index (χ0v) is 13.3. The molecule has 0 aliphatic rings. The third-order valence-electron chi connectivity index (χ3n) is 3.67. The molecular weight excluding hydrogens is 278 g/mol. The number of nitrogens with two attached hydrogens (primary N) is 1. The number of amides is 1. The van der Waals surface area contributed by atoms with Crippen molar-refractivity contribution in [1.29, 1.82) is 0 Å². The summed E-state index contributed by atoms with van der Waals surface area (Å²) in [5.41, 5.74) is 7.01. The minimum atomic E-state index is -0.351. The van der Waals surface area contributed by atoms with Gasteiger partial charge in [0, 0.05) is 25.0 Å². The standard InChI is InChI=1S/C17H23N3O2/c1-4-19-17(22)12-10-20(9-8-11(2)3)14-7-5-6-13(18)15(14)16(12)21/h5-7,10-11H,4,8-9,18H2,1-3H3,(H,19,22). The number of pyridine rings is 1. The predicted molar refractivity (Wildman–Crippen MR) is 90.1 cm³/mol. The average molecular weight is 301 g/mol. The van der Waals surface area contributed by atoms with Crippen LogP contribution >= 0.6 is 0 Å². The van der Waals surface area contributed by atoms with Crippen LogP contribution in [0, 0.1) is 5.92 Å². The van der Waals surface area contributed by atoms with Gasteiger partial charge in [-0.3, -0.25) is 9.59 Å². The van der Waals surface area contributed by atoms with Gasteiger partial charge in [0.05, 0.1) is 10.9 Å². The van der Waals surface area contributed by atoms with Crippen molar-refractivity contribution in [1.82, 2.24) is 9.88 Å². The fourth-order valence-electron chi connectivity index (χ4n) is 2.46. The van der Waals surface area contributed by atoms with Crippen LogP contribution in [0.15, 0.2) is 29.2 Å². The maximum Gasteiger partial charge on any atom is 0.256 e. The maximum atomic E-state index is 12.6. The summed E-state index contributed by atoms with van der Waals surface area (Å²) < 4.78 is 1.96. The first-order chi connectivity index (χ1) is 10.5. The summed E-state index contributed by atoms with van der Waals surface area (Å²) in [7, 11) is 0. The van der Waals surface area contributed by atoms with Crippen molar-refractivity contribution in [3.8, 4) is 0 Å². The van der Waals surface area contributed by atoms with Crippen LogP contribution in [0.25, 0.3) is 10.9 Å². The molecule has 0 saturated carbocycles. The second kappa shape index (κ2) is 6.64. The summed E-state index contributed by atoms with van der Waals surface area (Å²) in [6, 6.07) is 5.39. The molecule has 3 N–H and O–H groups in total. The van der Waals surface area contributed by atoms with Crippen LogP contribution < -0.4 is 16.5 Å². The Hall–Kier alpha value is -2.30. The third-order valence-corrected chi connectivity index (χ3v) is 3.67. The molecule has 1 amide bonds. The number of benzene rings is 1. The molecule has 0 radical (unpaired) electrons. The highest BCUT2D eigenvalue weighted by Crippen LogP contribution is 2.19. The van der Waals surface area contributed by atoms with Gasteiger partial charge in [0.25, 0.3) is 5.91 Å². The van der Waals surface area contributed by atoms with Crippen LogP contribution in [-0.4, -0.2) is 17.0 Å². The zero-order valence-electron chi connectivity index (χ0n) is 13.3. The van der Waals surface area contributed by atoms with Crippen LogP contribution in [0.3, 0.4) is 0 Å². The minimum Gasteiger partial charge on any atom is -0.398 e. The molecule has 0 bridgehead atoms. The first kappa shape index (κ1) is 16.1. The van der Waals surface area contributed by atoms with Crippen molar-refractivity contribution in [3.05, 3.63) is 40.2 Å². The van der Waals surface area contributed by atoms with Gasteiger partial charge in [-0.25, -0.2) is 0 Å². The molecule has 1 aromatic carbocycles. The van der Waals surface area contributed by atoms with Gasteiger partial charge >= 0.3 is 0 Å². The number of aromatic nitrogens is 1. The van der Waals surface area contributed by atoms with Crippen molar-refractivity contribution in [2.75, 3.05) is 12.3 Å². The topological polar surface area (TPSA) is 77.1 Å². The van der Waals surface area contributed by atoms with Gasteiger partial charge in [-0.15, -0.1) is 0 Å². The molecular formula is C17H23N3O2. The van der Waals surface area contributed by atoms with E-state index in [0.29, 0.717) is 23.5 Å². The van der Waals surface area contributed by atoms with Gasteiger partial charge in [0.2, 0.25) is 5.43 Å². The molecule has 0 spiro atoms. The number of hydrogen-bond donors (Lipinski definition) is 2. The highest BCUT2D eigenvalue weighted by molar-refractivity contribution is 6.00. The third kappa shape index (κ3) is 3.13. The normalized spacial score (nSPS) is 11.1. The van der Waals surface area contributed by atoms with Gasteiger partial charge in [0.15, 0.2) is 0 Å². The molecule has 5 heteroatoms.